The van der Waals surface area contributed by atoms with Crippen LogP contribution in [0.15, 0.2) is 223 Å². The van der Waals surface area contributed by atoms with Crippen LogP contribution in [-0.2, 0) is 0 Å². The lowest BCUT2D eigenvalue weighted by Crippen LogP contribution is -2.01. The van der Waals surface area contributed by atoms with Crippen molar-refractivity contribution in [1.29, 1.82) is 0 Å². The van der Waals surface area contributed by atoms with E-state index in [4.69, 9.17) is 26.2 Å². The molecule has 3 heterocycles. The number of hydrogen-bond donors (Lipinski definition) is 0. The first-order valence-electron chi connectivity index (χ1n) is 22.9. The van der Waals surface area contributed by atoms with Crippen molar-refractivity contribution in [3.8, 4) is 73.2 Å². The maximum atomic E-state index is 9.00. The largest absolute Gasteiger partial charge is 0.455 e. The van der Waals surface area contributed by atoms with E-state index in [1.807, 2.05) is 103 Å². The van der Waals surface area contributed by atoms with Crippen LogP contribution in [0.1, 0.15) is 6.85 Å². The van der Waals surface area contributed by atoms with Gasteiger partial charge in [-0.1, -0.05) is 182 Å². The first-order chi connectivity index (χ1) is 32.8. The molecule has 9 aromatic carbocycles. The predicted octanol–water partition coefficient (Wildman–Crippen LogP) is 14.9. The second kappa shape index (κ2) is 14.7. The zero-order valence-corrected chi connectivity index (χ0v) is 33.1. The number of rotatable bonds is 7. The Labute approximate surface area is 364 Å². The maximum Gasteiger partial charge on any atom is 0.167 e. The van der Waals surface area contributed by atoms with Crippen LogP contribution in [-0.4, -0.2) is 19.5 Å². The molecule has 62 heavy (non-hydrogen) atoms. The van der Waals surface area contributed by atoms with Gasteiger partial charge in [-0.05, 0) is 69.8 Å². The van der Waals surface area contributed by atoms with Gasteiger partial charge in [0.25, 0.3) is 0 Å². The Morgan fingerprint density at radius 1 is 0.371 bits per heavy atom. The van der Waals surface area contributed by atoms with Crippen molar-refractivity contribution in [2.75, 3.05) is 0 Å². The molecule has 12 rings (SSSR count). The van der Waals surface area contributed by atoms with E-state index >= 15 is 0 Å². The molecule has 0 atom stereocenters. The molecule has 0 amide bonds. The monoisotopic (exact) mass is 797 g/mol. The van der Waals surface area contributed by atoms with Gasteiger partial charge in [0.05, 0.1) is 23.5 Å². The fourth-order valence-corrected chi connectivity index (χ4v) is 8.57. The molecule has 0 saturated carbocycles. The highest BCUT2D eigenvalue weighted by atomic mass is 16.3. The predicted molar refractivity (Wildman–Crippen MR) is 254 cm³/mol. The van der Waals surface area contributed by atoms with Crippen LogP contribution in [0.5, 0.6) is 0 Å². The van der Waals surface area contributed by atoms with Crippen LogP contribution in [0.2, 0.25) is 0 Å². The summed E-state index contributed by atoms with van der Waals surface area (Å²) in [6, 6.07) is 61.4. The summed E-state index contributed by atoms with van der Waals surface area (Å²) in [5.41, 5.74) is 11.5. The van der Waals surface area contributed by atoms with E-state index in [2.05, 4.69) is 89.5 Å². The summed E-state index contributed by atoms with van der Waals surface area (Å²) in [5.74, 6) is 0.411. The summed E-state index contributed by atoms with van der Waals surface area (Å²) in [6.07, 6.45) is 0. The Bertz CT molecular complexity index is 3820. The average Bonchev–Trinajstić information content (AvgIpc) is 3.93. The molecule has 12 aromatic rings. The summed E-state index contributed by atoms with van der Waals surface area (Å²) in [6.45, 7) is 0. The van der Waals surface area contributed by atoms with Gasteiger partial charge in [-0.2, -0.15) is 0 Å². The molecule has 5 heteroatoms. The molecular weight excluding hydrogens is 757 g/mol. The van der Waals surface area contributed by atoms with Gasteiger partial charge in [0, 0.05) is 38.4 Å². The van der Waals surface area contributed by atoms with E-state index in [0.717, 1.165) is 71.6 Å². The Kier molecular flexibility index (Phi) is 7.25. The highest BCUT2D eigenvalue weighted by Crippen LogP contribution is 2.41. The molecule has 0 aliphatic carbocycles. The van der Waals surface area contributed by atoms with Gasteiger partial charge in [0.15, 0.2) is 17.5 Å². The number of benzene rings is 9. The average molecular weight is 798 g/mol. The summed E-state index contributed by atoms with van der Waals surface area (Å²) < 4.78 is 52.5. The van der Waals surface area contributed by atoms with Crippen LogP contribution in [0.4, 0.5) is 0 Å². The van der Waals surface area contributed by atoms with Crippen molar-refractivity contribution in [2.45, 2.75) is 0 Å². The van der Waals surface area contributed by atoms with Crippen molar-refractivity contribution in [2.24, 2.45) is 0 Å². The fourth-order valence-electron chi connectivity index (χ4n) is 8.57. The fraction of sp³-hybridized carbons (Fsp3) is 0. The molecule has 3 aromatic heterocycles. The van der Waals surface area contributed by atoms with Gasteiger partial charge in [0.1, 0.15) is 11.2 Å². The Morgan fingerprint density at radius 2 is 0.855 bits per heavy atom. The van der Waals surface area contributed by atoms with Gasteiger partial charge >= 0.3 is 0 Å². The Hall–Kier alpha value is -8.41. The summed E-state index contributed by atoms with van der Waals surface area (Å²) >= 11 is 0. The molecule has 0 aliphatic rings. The highest BCUT2D eigenvalue weighted by Gasteiger charge is 2.22. The normalized spacial score (nSPS) is 12.7. The third-order valence-electron chi connectivity index (χ3n) is 11.6. The second-order valence-electron chi connectivity index (χ2n) is 15.2. The van der Waals surface area contributed by atoms with E-state index in [1.165, 1.54) is 0 Å². The molecular formula is C57H36N4O. The molecule has 0 unspecified atom stereocenters. The first-order valence-corrected chi connectivity index (χ1v) is 20.4. The molecule has 0 saturated heterocycles. The summed E-state index contributed by atoms with van der Waals surface area (Å²) in [5, 5.41) is 3.93. The van der Waals surface area contributed by atoms with Gasteiger partial charge in [-0.15, -0.1) is 0 Å². The molecule has 0 aliphatic heterocycles. The number of para-hydroxylation sites is 2. The van der Waals surface area contributed by atoms with Crippen molar-refractivity contribution < 1.29 is 11.3 Å². The van der Waals surface area contributed by atoms with Crippen molar-refractivity contribution >= 4 is 43.7 Å². The lowest BCUT2D eigenvalue weighted by Gasteiger charge is -2.13. The van der Waals surface area contributed by atoms with Gasteiger partial charge in [-0.3, -0.25) is 0 Å². The molecule has 0 fully saturated rings. The SMILES string of the molecule is [2H]c1c([2H])c([2H])c(-c2nc(-c3ccc(-c4ccc(-c5ccccc5)cc4)cc3)nc(-c3cc(-n4c5ccccc5c5ccccc54)cc4c3oc3ccc(-c5ccccc5)cc34)n2)c([2H])c1[2H]. The topological polar surface area (TPSA) is 56.7 Å². The molecule has 5 nitrogen and oxygen atoms in total. The second-order valence-corrected chi connectivity index (χ2v) is 15.2. The maximum absolute atomic E-state index is 9.00. The van der Waals surface area contributed by atoms with Gasteiger partial charge < -0.3 is 8.98 Å². The number of nitrogens with zero attached hydrogens (tertiary/aromatic N) is 4. The number of hydrogen-bond acceptors (Lipinski definition) is 4. The highest BCUT2D eigenvalue weighted by molar-refractivity contribution is 6.13. The molecule has 0 N–H and O–H groups in total. The standard InChI is InChI=1S/C57H36N4O/c1-4-14-37(15-5-1)39-24-26-40(27-25-39)41-28-30-43(31-29-41)56-58-55(42-18-8-3-9-19-42)59-57(60-56)50-36-45(61-51-22-12-10-20-46(51)47-21-11-13-23-52(47)61)35-49-48-34-44(38-16-6-2-7-17-38)32-33-53(48)62-54(49)50/h1-36H/i3D,8D,9D,18D,19D. The van der Waals surface area contributed by atoms with Gasteiger partial charge in [0.2, 0.25) is 0 Å². The van der Waals surface area contributed by atoms with Crippen molar-refractivity contribution in [3.05, 3.63) is 218 Å². The molecule has 290 valence electrons. The van der Waals surface area contributed by atoms with Crippen molar-refractivity contribution in [3.63, 3.8) is 0 Å². The number of fused-ring (bicyclic) bond motifs is 6. The number of aromatic nitrogens is 4. The minimum atomic E-state index is -0.502. The lowest BCUT2D eigenvalue weighted by molar-refractivity contribution is 0.669. The summed E-state index contributed by atoms with van der Waals surface area (Å²) in [4.78, 5) is 15.0. The third-order valence-corrected chi connectivity index (χ3v) is 11.6. The number of furan rings is 1. The zero-order chi connectivity index (χ0) is 45.3. The third kappa shape index (κ3) is 6.14. The smallest absolute Gasteiger partial charge is 0.167 e. The Balaban J connectivity index is 1.10. The van der Waals surface area contributed by atoms with Crippen molar-refractivity contribution in [1.82, 2.24) is 19.5 Å². The van der Waals surface area contributed by atoms with Gasteiger partial charge in [-0.25, -0.2) is 15.0 Å². The van der Waals surface area contributed by atoms with E-state index in [-0.39, 0.29) is 23.0 Å². The van der Waals surface area contributed by atoms with E-state index in [1.54, 1.807) is 0 Å². The van der Waals surface area contributed by atoms with Crippen LogP contribution in [0.25, 0.3) is 117 Å². The van der Waals surface area contributed by atoms with Crippen LogP contribution >= 0.6 is 0 Å². The first kappa shape index (κ1) is 30.6. The lowest BCUT2D eigenvalue weighted by atomic mass is 9.99. The Morgan fingerprint density at radius 3 is 1.47 bits per heavy atom. The van der Waals surface area contributed by atoms with Crippen LogP contribution in [0.3, 0.4) is 0 Å². The van der Waals surface area contributed by atoms with Crippen LogP contribution < -0.4 is 0 Å². The van der Waals surface area contributed by atoms with E-state index in [9.17, 15) is 0 Å². The van der Waals surface area contributed by atoms with E-state index in [0.29, 0.717) is 22.3 Å². The minimum absolute atomic E-state index is 0.0598. The van der Waals surface area contributed by atoms with Crippen LogP contribution in [0, 0.1) is 0 Å². The molecule has 0 bridgehead atoms. The zero-order valence-electron chi connectivity index (χ0n) is 38.1. The van der Waals surface area contributed by atoms with E-state index < -0.39 is 30.2 Å². The molecule has 0 spiro atoms. The summed E-state index contributed by atoms with van der Waals surface area (Å²) in [7, 11) is 0. The molecule has 0 radical (unpaired) electrons. The quantitative estimate of drug-likeness (QED) is 0.161. The minimum Gasteiger partial charge on any atom is -0.455 e.